The Kier molecular flexibility index (Phi) is 5.58. The summed E-state index contributed by atoms with van der Waals surface area (Å²) in [5, 5.41) is 1.02. The molecule has 0 spiro atoms. The lowest BCUT2D eigenvalue weighted by molar-refractivity contribution is -0.113. The molecule has 0 radical (unpaired) electrons. The van der Waals surface area contributed by atoms with Crippen LogP contribution in [0.4, 0.5) is 5.13 Å². The minimum Gasteiger partial charge on any atom is -0.495 e. The van der Waals surface area contributed by atoms with Gasteiger partial charge in [0.05, 0.1) is 14.2 Å². The molecule has 0 fully saturated rings. The Morgan fingerprint density at radius 1 is 0.939 bits per heavy atom. The van der Waals surface area contributed by atoms with E-state index in [4.69, 9.17) is 26.1 Å². The van der Waals surface area contributed by atoms with Crippen LogP contribution in [0.2, 0.25) is 5.02 Å². The number of hydrogen-bond donors (Lipinski definition) is 0. The number of halogens is 1. The van der Waals surface area contributed by atoms with Gasteiger partial charge >= 0.3 is 0 Å². The third kappa shape index (κ3) is 3.75. The summed E-state index contributed by atoms with van der Waals surface area (Å²) in [6.07, 6.45) is 1.70. The Balaban J connectivity index is 1.68. The molecule has 0 bridgehead atoms. The van der Waals surface area contributed by atoms with Gasteiger partial charge in [-0.05, 0) is 29.8 Å². The number of aromatic nitrogens is 1. The number of thiazole rings is 1. The number of nitrogens with zero attached hydrogens (tertiary/aromatic N) is 3. The average Bonchev–Trinajstić information content (AvgIpc) is 3.42. The Morgan fingerprint density at radius 3 is 2.36 bits per heavy atom. The van der Waals surface area contributed by atoms with Crippen LogP contribution in [0.1, 0.15) is 11.1 Å². The van der Waals surface area contributed by atoms with E-state index in [1.807, 2.05) is 54.6 Å². The monoisotopic (exact) mass is 475 g/mol. The number of methoxy groups -OCH3 is 2. The average molecular weight is 476 g/mol. The molecular weight excluding hydrogens is 458 g/mol. The van der Waals surface area contributed by atoms with E-state index in [1.54, 1.807) is 32.4 Å². The summed E-state index contributed by atoms with van der Waals surface area (Å²) in [7, 11) is 3.19. The van der Waals surface area contributed by atoms with Crippen molar-refractivity contribution < 1.29 is 14.3 Å². The topological polar surface area (TPSA) is 64.0 Å². The highest BCUT2D eigenvalue weighted by Gasteiger charge is 2.35. The van der Waals surface area contributed by atoms with E-state index in [0.29, 0.717) is 38.6 Å². The first-order valence-corrected chi connectivity index (χ1v) is 11.3. The van der Waals surface area contributed by atoms with Crippen molar-refractivity contribution in [1.29, 1.82) is 0 Å². The summed E-state index contributed by atoms with van der Waals surface area (Å²) >= 11 is 7.67. The largest absolute Gasteiger partial charge is 0.495 e. The Bertz CT molecular complexity index is 1390. The lowest BCUT2D eigenvalue weighted by atomic mass is 10.2. The number of amides is 1. The van der Waals surface area contributed by atoms with Gasteiger partial charge in [-0.3, -0.25) is 4.79 Å². The minimum absolute atomic E-state index is 0.278. The number of benzene rings is 3. The summed E-state index contributed by atoms with van der Waals surface area (Å²) in [5.74, 6) is 1.47. The molecule has 1 aromatic heterocycles. The number of amidine groups is 1. The van der Waals surface area contributed by atoms with Gasteiger partial charge in [-0.15, -0.1) is 0 Å². The maximum atomic E-state index is 13.6. The highest BCUT2D eigenvalue weighted by atomic mass is 35.5. The Labute approximate surface area is 199 Å². The second kappa shape index (κ2) is 8.69. The SMILES string of the molecule is COc1ccc(OC)c2sc(N3C(=O)C(=Cc4ccccc4Cl)N=C3c3ccccc3)nc12. The van der Waals surface area contributed by atoms with E-state index in [-0.39, 0.29) is 11.6 Å². The summed E-state index contributed by atoms with van der Waals surface area (Å²) in [6.45, 7) is 0. The zero-order valence-corrected chi connectivity index (χ0v) is 19.4. The predicted octanol–water partition coefficient (Wildman–Crippen LogP) is 5.80. The molecule has 4 aromatic rings. The maximum Gasteiger partial charge on any atom is 0.284 e. The molecule has 5 rings (SSSR count). The van der Waals surface area contributed by atoms with Gasteiger partial charge in [0.15, 0.2) is 5.13 Å². The molecule has 8 heteroatoms. The van der Waals surface area contributed by atoms with E-state index >= 15 is 0 Å². The van der Waals surface area contributed by atoms with E-state index in [9.17, 15) is 4.79 Å². The second-order valence-corrected chi connectivity index (χ2v) is 8.52. The molecule has 0 atom stereocenters. The Hall–Kier alpha value is -3.68. The van der Waals surface area contributed by atoms with E-state index in [2.05, 4.69) is 4.99 Å². The number of fused-ring (bicyclic) bond motifs is 1. The standard InChI is InChI=1S/C25H18ClN3O3S/c1-31-19-12-13-20(32-2)22-21(19)28-25(33-22)29-23(15-8-4-3-5-9-15)27-18(24(29)30)14-16-10-6-7-11-17(16)26/h3-14H,1-2H3. The fraction of sp³-hybridized carbons (Fsp3) is 0.0800. The molecule has 0 unspecified atom stereocenters. The van der Waals surface area contributed by atoms with Crippen molar-refractivity contribution in [2.24, 2.45) is 4.99 Å². The molecule has 0 aliphatic carbocycles. The second-order valence-electron chi connectivity index (χ2n) is 7.14. The van der Waals surface area contributed by atoms with Crippen LogP contribution in [0.15, 0.2) is 77.4 Å². The molecule has 3 aromatic carbocycles. The van der Waals surface area contributed by atoms with Crippen molar-refractivity contribution in [3.8, 4) is 11.5 Å². The van der Waals surface area contributed by atoms with Gasteiger partial charge in [0.25, 0.3) is 5.91 Å². The van der Waals surface area contributed by atoms with Gasteiger partial charge in [0.2, 0.25) is 0 Å². The van der Waals surface area contributed by atoms with Crippen LogP contribution < -0.4 is 14.4 Å². The molecular formula is C25H18ClN3O3S. The lowest BCUT2D eigenvalue weighted by Crippen LogP contribution is -2.32. The van der Waals surface area contributed by atoms with Crippen LogP contribution in [0, 0.1) is 0 Å². The normalized spacial score (nSPS) is 14.8. The lowest BCUT2D eigenvalue weighted by Gasteiger charge is -2.14. The first-order valence-electron chi connectivity index (χ1n) is 10.1. The van der Waals surface area contributed by atoms with Gasteiger partial charge in [-0.1, -0.05) is 71.5 Å². The third-order valence-corrected chi connectivity index (χ3v) is 6.58. The third-order valence-electron chi connectivity index (χ3n) is 5.18. The highest BCUT2D eigenvalue weighted by molar-refractivity contribution is 7.23. The van der Waals surface area contributed by atoms with Gasteiger partial charge < -0.3 is 9.47 Å². The van der Waals surface area contributed by atoms with Crippen LogP contribution >= 0.6 is 22.9 Å². The van der Waals surface area contributed by atoms with Crippen molar-refractivity contribution in [2.45, 2.75) is 0 Å². The van der Waals surface area contributed by atoms with Crippen molar-refractivity contribution in [2.75, 3.05) is 19.1 Å². The number of hydrogen-bond acceptors (Lipinski definition) is 6. The van der Waals surface area contributed by atoms with Gasteiger partial charge in [-0.2, -0.15) is 0 Å². The first-order chi connectivity index (χ1) is 16.1. The fourth-order valence-electron chi connectivity index (χ4n) is 3.58. The zero-order chi connectivity index (χ0) is 22.9. The van der Waals surface area contributed by atoms with Gasteiger partial charge in [-0.25, -0.2) is 14.9 Å². The van der Waals surface area contributed by atoms with Gasteiger partial charge in [0.1, 0.15) is 33.2 Å². The molecule has 164 valence electrons. The van der Waals surface area contributed by atoms with E-state index in [1.165, 1.54) is 16.2 Å². The molecule has 1 amide bonds. The molecule has 0 saturated carbocycles. The summed E-state index contributed by atoms with van der Waals surface area (Å²) < 4.78 is 11.8. The van der Waals surface area contributed by atoms with E-state index in [0.717, 1.165) is 10.3 Å². The predicted molar refractivity (Wildman–Crippen MR) is 133 cm³/mol. The molecule has 0 N–H and O–H groups in total. The number of carbonyl (C=O) groups excluding carboxylic acids is 1. The molecule has 2 heterocycles. The quantitative estimate of drug-likeness (QED) is 0.342. The van der Waals surface area contributed by atoms with Crippen LogP contribution in [0.3, 0.4) is 0 Å². The molecule has 1 aliphatic rings. The summed E-state index contributed by atoms with van der Waals surface area (Å²) in [4.78, 5) is 24.6. The van der Waals surface area contributed by atoms with Crippen LogP contribution in [0.5, 0.6) is 11.5 Å². The van der Waals surface area contributed by atoms with Crippen molar-refractivity contribution in [1.82, 2.24) is 4.98 Å². The number of carbonyl (C=O) groups is 1. The number of aliphatic imine (C=N–C) groups is 1. The molecule has 1 aliphatic heterocycles. The number of ether oxygens (including phenoxy) is 2. The van der Waals surface area contributed by atoms with Crippen LogP contribution in [-0.4, -0.2) is 30.9 Å². The number of anilines is 1. The molecule has 6 nitrogen and oxygen atoms in total. The Morgan fingerprint density at radius 2 is 1.64 bits per heavy atom. The first kappa shape index (κ1) is 21.2. The highest BCUT2D eigenvalue weighted by Crippen LogP contribution is 2.41. The van der Waals surface area contributed by atoms with Crippen molar-refractivity contribution >= 4 is 56.1 Å². The fourth-order valence-corrected chi connectivity index (χ4v) is 4.85. The van der Waals surface area contributed by atoms with Crippen LogP contribution in [-0.2, 0) is 4.79 Å². The van der Waals surface area contributed by atoms with Gasteiger partial charge in [0, 0.05) is 10.6 Å². The summed E-state index contributed by atoms with van der Waals surface area (Å²) in [5.41, 5.74) is 2.42. The molecule has 33 heavy (non-hydrogen) atoms. The van der Waals surface area contributed by atoms with Crippen LogP contribution in [0.25, 0.3) is 16.3 Å². The smallest absolute Gasteiger partial charge is 0.284 e. The number of rotatable bonds is 5. The summed E-state index contributed by atoms with van der Waals surface area (Å²) in [6, 6.07) is 20.5. The maximum absolute atomic E-state index is 13.6. The van der Waals surface area contributed by atoms with Crippen molar-refractivity contribution in [3.63, 3.8) is 0 Å². The molecule has 0 saturated heterocycles. The minimum atomic E-state index is -0.286. The van der Waals surface area contributed by atoms with E-state index < -0.39 is 0 Å². The van der Waals surface area contributed by atoms with Crippen molar-refractivity contribution in [3.05, 3.63) is 88.6 Å². The zero-order valence-electron chi connectivity index (χ0n) is 17.8.